The van der Waals surface area contributed by atoms with Crippen LogP contribution in [0.2, 0.25) is 0 Å². The van der Waals surface area contributed by atoms with Gasteiger partial charge in [-0.2, -0.15) is 4.31 Å². The fourth-order valence-corrected chi connectivity index (χ4v) is 1.32. The maximum absolute atomic E-state index is 9.63. The van der Waals surface area contributed by atoms with Crippen LogP contribution in [-0.2, 0) is 13.4 Å². The molecule has 6 N–H and O–H groups in total. The molecule has 0 amide bonds. The number of hydrogen-bond acceptors (Lipinski definition) is 5. The van der Waals surface area contributed by atoms with E-state index in [1.807, 2.05) is 0 Å². The molecule has 0 bridgehead atoms. The minimum Gasteiger partial charge on any atom is -0.396 e. The number of rotatable bonds is 4. The third-order valence-corrected chi connectivity index (χ3v) is 2.23. The highest BCUT2D eigenvalue weighted by Gasteiger charge is 2.27. The molecular formula is C3H12O9P2. The molecule has 0 aromatic heterocycles. The summed E-state index contributed by atoms with van der Waals surface area (Å²) < 4.78 is 22.2. The van der Waals surface area contributed by atoms with Crippen LogP contribution >= 0.6 is 15.6 Å². The number of phosphoric acid groups is 2. The topological polar surface area (TPSA) is 165 Å². The third-order valence-electron chi connectivity index (χ3n) is 0.529. The van der Waals surface area contributed by atoms with E-state index in [0.29, 0.717) is 6.42 Å². The largest absolute Gasteiger partial charge is 0.478 e. The summed E-state index contributed by atoms with van der Waals surface area (Å²) in [5.41, 5.74) is 0. The molecule has 0 saturated carbocycles. The molecule has 0 spiro atoms. The summed E-state index contributed by atoms with van der Waals surface area (Å²) in [5.74, 6) is 0. The summed E-state index contributed by atoms with van der Waals surface area (Å²) in [7, 11) is -10.1. The molecule has 9 nitrogen and oxygen atoms in total. The van der Waals surface area contributed by atoms with Crippen molar-refractivity contribution >= 4 is 15.6 Å². The van der Waals surface area contributed by atoms with Crippen LogP contribution in [0.3, 0.4) is 0 Å². The minimum absolute atomic E-state index is 0.0938. The summed E-state index contributed by atoms with van der Waals surface area (Å²) in [4.78, 5) is 31.0. The summed E-state index contributed by atoms with van der Waals surface area (Å²) in [5, 5.41) is 15.8. The lowest BCUT2D eigenvalue weighted by Gasteiger charge is -2.03. The number of aliphatic hydroxyl groups excluding tert-OH is 2. The Labute approximate surface area is 79.5 Å². The highest BCUT2D eigenvalue weighted by Crippen LogP contribution is 2.53. The van der Waals surface area contributed by atoms with Crippen molar-refractivity contribution < 1.29 is 43.2 Å². The van der Waals surface area contributed by atoms with Gasteiger partial charge in [0.2, 0.25) is 0 Å². The number of aliphatic hydroxyl groups is 2. The van der Waals surface area contributed by atoms with E-state index in [2.05, 4.69) is 4.31 Å². The van der Waals surface area contributed by atoms with Crippen molar-refractivity contribution in [3.05, 3.63) is 0 Å². The molecule has 0 aliphatic heterocycles. The van der Waals surface area contributed by atoms with E-state index in [-0.39, 0.29) is 13.2 Å². The quantitative estimate of drug-likeness (QED) is 0.329. The maximum Gasteiger partial charge on any atom is 0.478 e. The monoisotopic (exact) mass is 254 g/mol. The lowest BCUT2D eigenvalue weighted by molar-refractivity contribution is 0.220. The molecule has 0 rings (SSSR count). The predicted molar refractivity (Wildman–Crippen MR) is 44.0 cm³/mol. The van der Waals surface area contributed by atoms with Crippen LogP contribution in [0.4, 0.5) is 0 Å². The van der Waals surface area contributed by atoms with Gasteiger partial charge in [0.25, 0.3) is 0 Å². The van der Waals surface area contributed by atoms with E-state index in [9.17, 15) is 9.13 Å². The predicted octanol–water partition coefficient (Wildman–Crippen LogP) is -1.45. The molecule has 0 heterocycles. The van der Waals surface area contributed by atoms with Gasteiger partial charge in [-0.25, -0.2) is 9.13 Å². The SMILES string of the molecule is O=P(O)(O)OP(=O)(O)O.OCCCO. The summed E-state index contributed by atoms with van der Waals surface area (Å²) in [6.45, 7) is 0.188. The van der Waals surface area contributed by atoms with Gasteiger partial charge in [0.15, 0.2) is 0 Å². The summed E-state index contributed by atoms with van der Waals surface area (Å²) in [6.07, 6.45) is 0.500. The molecular weight excluding hydrogens is 242 g/mol. The first kappa shape index (κ1) is 16.6. The average Bonchev–Trinajstić information content (AvgIpc) is 1.81. The van der Waals surface area contributed by atoms with Crippen molar-refractivity contribution in [1.29, 1.82) is 0 Å². The zero-order valence-corrected chi connectivity index (χ0v) is 8.71. The molecule has 0 radical (unpaired) electrons. The van der Waals surface area contributed by atoms with E-state index in [4.69, 9.17) is 29.8 Å². The molecule has 14 heavy (non-hydrogen) atoms. The Morgan fingerprint density at radius 1 is 0.857 bits per heavy atom. The third kappa shape index (κ3) is 22.8. The normalized spacial score (nSPS) is 11.9. The van der Waals surface area contributed by atoms with Crippen LogP contribution in [0.15, 0.2) is 0 Å². The van der Waals surface area contributed by atoms with Crippen molar-refractivity contribution in [3.63, 3.8) is 0 Å². The fraction of sp³-hybridized carbons (Fsp3) is 1.00. The first-order chi connectivity index (χ1) is 6.12. The van der Waals surface area contributed by atoms with Gasteiger partial charge in [0, 0.05) is 13.2 Å². The Morgan fingerprint density at radius 3 is 1.14 bits per heavy atom. The molecule has 0 aromatic carbocycles. The van der Waals surface area contributed by atoms with Crippen molar-refractivity contribution in [2.75, 3.05) is 13.2 Å². The van der Waals surface area contributed by atoms with E-state index < -0.39 is 15.6 Å². The molecule has 0 saturated heterocycles. The van der Waals surface area contributed by atoms with E-state index in [1.54, 1.807) is 0 Å². The lowest BCUT2D eigenvalue weighted by atomic mass is 10.5. The van der Waals surface area contributed by atoms with Gasteiger partial charge in [0.1, 0.15) is 0 Å². The Kier molecular flexibility index (Phi) is 8.86. The standard InChI is InChI=1S/C3H8O2.H4O7P2/c4-2-1-3-5;1-8(2,3)7-9(4,5)6/h4-5H,1-3H2;(H2,1,2,3)(H2,4,5,6). The van der Waals surface area contributed by atoms with Crippen molar-refractivity contribution in [3.8, 4) is 0 Å². The van der Waals surface area contributed by atoms with Crippen LogP contribution < -0.4 is 0 Å². The van der Waals surface area contributed by atoms with Crippen LogP contribution in [0.25, 0.3) is 0 Å². The van der Waals surface area contributed by atoms with Crippen molar-refractivity contribution in [1.82, 2.24) is 0 Å². The Morgan fingerprint density at radius 2 is 1.14 bits per heavy atom. The van der Waals surface area contributed by atoms with Gasteiger partial charge in [-0.1, -0.05) is 0 Å². The lowest BCUT2D eigenvalue weighted by Crippen LogP contribution is -1.85. The van der Waals surface area contributed by atoms with Crippen molar-refractivity contribution in [2.24, 2.45) is 0 Å². The molecule has 0 aromatic rings. The highest BCUT2D eigenvalue weighted by molar-refractivity contribution is 7.60. The van der Waals surface area contributed by atoms with Gasteiger partial charge in [0.05, 0.1) is 0 Å². The summed E-state index contributed by atoms with van der Waals surface area (Å²) in [6, 6.07) is 0. The van der Waals surface area contributed by atoms with E-state index in [1.165, 1.54) is 0 Å². The average molecular weight is 254 g/mol. The second-order valence-corrected chi connectivity index (χ2v) is 4.48. The van der Waals surface area contributed by atoms with Crippen LogP contribution in [0, 0.1) is 0 Å². The van der Waals surface area contributed by atoms with Gasteiger partial charge in [-0.15, -0.1) is 0 Å². The Balaban J connectivity index is 0. The zero-order chi connectivity index (χ0) is 11.8. The van der Waals surface area contributed by atoms with Gasteiger partial charge < -0.3 is 29.8 Å². The molecule has 0 unspecified atom stereocenters. The minimum atomic E-state index is -5.05. The first-order valence-corrected chi connectivity index (χ1v) is 6.22. The van der Waals surface area contributed by atoms with E-state index >= 15 is 0 Å². The van der Waals surface area contributed by atoms with Crippen LogP contribution in [0.1, 0.15) is 6.42 Å². The van der Waals surface area contributed by atoms with Crippen LogP contribution in [0.5, 0.6) is 0 Å². The molecule has 88 valence electrons. The fourth-order valence-electron chi connectivity index (χ4n) is 0.209. The second kappa shape index (κ2) is 7.47. The zero-order valence-electron chi connectivity index (χ0n) is 6.92. The Hall–Kier alpha value is 0.180. The van der Waals surface area contributed by atoms with E-state index in [0.717, 1.165) is 0 Å². The molecule has 0 aliphatic carbocycles. The number of hydrogen-bond donors (Lipinski definition) is 6. The molecule has 11 heteroatoms. The van der Waals surface area contributed by atoms with Gasteiger partial charge in [-0.3, -0.25) is 0 Å². The summed E-state index contributed by atoms with van der Waals surface area (Å²) >= 11 is 0. The smallest absolute Gasteiger partial charge is 0.396 e. The van der Waals surface area contributed by atoms with Gasteiger partial charge >= 0.3 is 15.6 Å². The highest BCUT2D eigenvalue weighted by atomic mass is 31.3. The van der Waals surface area contributed by atoms with Crippen LogP contribution in [-0.4, -0.2) is 43.0 Å². The molecule has 0 fully saturated rings. The Bertz CT molecular complexity index is 192. The van der Waals surface area contributed by atoms with Gasteiger partial charge in [-0.05, 0) is 6.42 Å². The molecule has 0 atom stereocenters. The first-order valence-electron chi connectivity index (χ1n) is 3.16. The second-order valence-electron chi connectivity index (χ2n) is 1.86. The molecule has 0 aliphatic rings. The van der Waals surface area contributed by atoms with Crippen molar-refractivity contribution in [2.45, 2.75) is 6.42 Å². The maximum atomic E-state index is 9.63.